The lowest BCUT2D eigenvalue weighted by molar-refractivity contribution is -0.126. The van der Waals surface area contributed by atoms with Gasteiger partial charge in [0, 0.05) is 13.2 Å². The second-order valence-electron chi connectivity index (χ2n) is 4.60. The van der Waals surface area contributed by atoms with Gasteiger partial charge in [0.25, 0.3) is 0 Å². The lowest BCUT2D eigenvalue weighted by Crippen LogP contribution is -2.51. The van der Waals surface area contributed by atoms with Crippen molar-refractivity contribution in [3.05, 3.63) is 0 Å². The molecular weight excluding hydrogens is 192 g/mol. The lowest BCUT2D eigenvalue weighted by Gasteiger charge is -2.22. The van der Waals surface area contributed by atoms with Crippen LogP contribution in [0.1, 0.15) is 27.7 Å². The van der Waals surface area contributed by atoms with E-state index in [0.29, 0.717) is 19.1 Å². The molecule has 0 atom stereocenters. The highest BCUT2D eigenvalue weighted by Crippen LogP contribution is 1.99. The predicted molar refractivity (Wildman–Crippen MR) is 61.8 cm³/mol. The number of ether oxygens (including phenoxy) is 1. The highest BCUT2D eigenvalue weighted by molar-refractivity contribution is 5.85. The number of likely N-dealkylation sites (N-methyl/N-ethyl adjacent to an activating group) is 1. The smallest absolute Gasteiger partial charge is 0.239 e. The summed E-state index contributed by atoms with van der Waals surface area (Å²) in [6, 6.07) is 0. The zero-order valence-corrected chi connectivity index (χ0v) is 10.5. The van der Waals surface area contributed by atoms with Crippen molar-refractivity contribution in [2.24, 2.45) is 5.92 Å². The topological polar surface area (TPSA) is 50.4 Å². The van der Waals surface area contributed by atoms with E-state index in [2.05, 4.69) is 24.5 Å². The van der Waals surface area contributed by atoms with Gasteiger partial charge < -0.3 is 15.4 Å². The summed E-state index contributed by atoms with van der Waals surface area (Å²) in [4.78, 5) is 11.6. The van der Waals surface area contributed by atoms with Crippen molar-refractivity contribution in [2.45, 2.75) is 33.2 Å². The van der Waals surface area contributed by atoms with Crippen molar-refractivity contribution in [1.82, 2.24) is 10.6 Å². The molecule has 1 amide bonds. The molecular formula is C11H24N2O2. The average Bonchev–Trinajstić information content (AvgIpc) is 2.16. The Kier molecular flexibility index (Phi) is 6.52. The summed E-state index contributed by atoms with van der Waals surface area (Å²) in [6.07, 6.45) is 0. The van der Waals surface area contributed by atoms with E-state index >= 15 is 0 Å². The molecule has 0 aliphatic carbocycles. The Morgan fingerprint density at radius 1 is 1.40 bits per heavy atom. The van der Waals surface area contributed by atoms with Gasteiger partial charge in [-0.05, 0) is 26.8 Å². The first-order valence-electron chi connectivity index (χ1n) is 5.45. The Bertz CT molecular complexity index is 191. The second kappa shape index (κ2) is 6.80. The minimum absolute atomic E-state index is 0.00172. The van der Waals surface area contributed by atoms with Gasteiger partial charge in [0.2, 0.25) is 5.91 Å². The number of hydrogen-bond donors (Lipinski definition) is 2. The molecule has 0 aliphatic heterocycles. The van der Waals surface area contributed by atoms with Crippen LogP contribution < -0.4 is 10.6 Å². The fraction of sp³-hybridized carbons (Fsp3) is 0.909. The molecule has 0 aliphatic rings. The SMILES string of the molecule is CNC(C)(C)C(=O)NCCOCC(C)C. The molecule has 0 radical (unpaired) electrons. The molecule has 0 rings (SSSR count). The van der Waals surface area contributed by atoms with E-state index in [1.54, 1.807) is 7.05 Å². The lowest BCUT2D eigenvalue weighted by atomic mass is 10.1. The highest BCUT2D eigenvalue weighted by Gasteiger charge is 2.24. The molecule has 0 heterocycles. The molecule has 0 saturated carbocycles. The molecule has 0 spiro atoms. The third-order valence-corrected chi connectivity index (χ3v) is 2.18. The molecule has 2 N–H and O–H groups in total. The summed E-state index contributed by atoms with van der Waals surface area (Å²) in [6.45, 7) is 9.77. The van der Waals surface area contributed by atoms with Crippen molar-refractivity contribution >= 4 is 5.91 Å². The summed E-state index contributed by atoms with van der Waals surface area (Å²) in [5, 5.41) is 5.77. The maximum atomic E-state index is 11.6. The molecule has 4 heteroatoms. The van der Waals surface area contributed by atoms with Crippen LogP contribution in [0.25, 0.3) is 0 Å². The van der Waals surface area contributed by atoms with Crippen molar-refractivity contribution in [3.63, 3.8) is 0 Å². The number of amides is 1. The Labute approximate surface area is 92.8 Å². The van der Waals surface area contributed by atoms with Gasteiger partial charge in [-0.2, -0.15) is 0 Å². The molecule has 0 bridgehead atoms. The first-order valence-corrected chi connectivity index (χ1v) is 5.45. The van der Waals surface area contributed by atoms with E-state index in [9.17, 15) is 4.79 Å². The van der Waals surface area contributed by atoms with Crippen LogP contribution in [0.4, 0.5) is 0 Å². The van der Waals surface area contributed by atoms with Gasteiger partial charge in [0.1, 0.15) is 0 Å². The summed E-state index contributed by atoms with van der Waals surface area (Å²) in [5.74, 6) is 0.535. The molecule has 15 heavy (non-hydrogen) atoms. The van der Waals surface area contributed by atoms with Crippen molar-refractivity contribution in [3.8, 4) is 0 Å². The van der Waals surface area contributed by atoms with Gasteiger partial charge in [-0.15, -0.1) is 0 Å². The van der Waals surface area contributed by atoms with E-state index < -0.39 is 5.54 Å². The normalized spacial score (nSPS) is 11.9. The van der Waals surface area contributed by atoms with Crippen LogP contribution in [0, 0.1) is 5.92 Å². The van der Waals surface area contributed by atoms with E-state index in [1.165, 1.54) is 0 Å². The minimum Gasteiger partial charge on any atom is -0.379 e. The van der Waals surface area contributed by atoms with Crippen LogP contribution in [0.2, 0.25) is 0 Å². The fourth-order valence-corrected chi connectivity index (χ4v) is 0.890. The molecule has 0 aromatic heterocycles. The molecule has 0 aromatic carbocycles. The Hall–Kier alpha value is -0.610. The maximum Gasteiger partial charge on any atom is 0.239 e. The third kappa shape index (κ3) is 6.47. The van der Waals surface area contributed by atoms with Crippen LogP contribution in [0.5, 0.6) is 0 Å². The fourth-order valence-electron chi connectivity index (χ4n) is 0.890. The van der Waals surface area contributed by atoms with E-state index in [1.807, 2.05) is 13.8 Å². The molecule has 4 nitrogen and oxygen atoms in total. The van der Waals surface area contributed by atoms with Crippen LogP contribution in [-0.2, 0) is 9.53 Å². The number of hydrogen-bond acceptors (Lipinski definition) is 3. The van der Waals surface area contributed by atoms with E-state index in [-0.39, 0.29) is 5.91 Å². The highest BCUT2D eigenvalue weighted by atomic mass is 16.5. The van der Waals surface area contributed by atoms with Gasteiger partial charge in [0.05, 0.1) is 12.1 Å². The van der Waals surface area contributed by atoms with E-state index in [4.69, 9.17) is 4.74 Å². The van der Waals surface area contributed by atoms with Crippen LogP contribution in [0.3, 0.4) is 0 Å². The van der Waals surface area contributed by atoms with Crippen LogP contribution >= 0.6 is 0 Å². The monoisotopic (exact) mass is 216 g/mol. The number of nitrogens with one attached hydrogen (secondary N) is 2. The van der Waals surface area contributed by atoms with Gasteiger partial charge in [-0.1, -0.05) is 13.8 Å². The summed E-state index contributed by atoms with van der Waals surface area (Å²) >= 11 is 0. The Morgan fingerprint density at radius 3 is 2.47 bits per heavy atom. The van der Waals surface area contributed by atoms with Gasteiger partial charge in [0.15, 0.2) is 0 Å². The number of carbonyl (C=O) groups is 1. The zero-order valence-electron chi connectivity index (χ0n) is 10.5. The minimum atomic E-state index is -0.516. The van der Waals surface area contributed by atoms with Crippen LogP contribution in [0.15, 0.2) is 0 Å². The average molecular weight is 216 g/mol. The molecule has 0 fully saturated rings. The first kappa shape index (κ1) is 14.4. The van der Waals surface area contributed by atoms with Gasteiger partial charge in [-0.25, -0.2) is 0 Å². The molecule has 0 aromatic rings. The standard InChI is InChI=1S/C11H24N2O2/c1-9(2)8-15-7-6-13-10(14)11(3,4)12-5/h9,12H,6-8H2,1-5H3,(H,13,14). The second-order valence-corrected chi connectivity index (χ2v) is 4.60. The molecule has 90 valence electrons. The third-order valence-electron chi connectivity index (χ3n) is 2.18. The van der Waals surface area contributed by atoms with Gasteiger partial charge in [-0.3, -0.25) is 4.79 Å². The Balaban J connectivity index is 3.56. The summed E-state index contributed by atoms with van der Waals surface area (Å²) < 4.78 is 5.36. The maximum absolute atomic E-state index is 11.6. The largest absolute Gasteiger partial charge is 0.379 e. The van der Waals surface area contributed by atoms with Crippen molar-refractivity contribution in [1.29, 1.82) is 0 Å². The number of carbonyl (C=O) groups excluding carboxylic acids is 1. The first-order chi connectivity index (χ1) is 6.90. The van der Waals surface area contributed by atoms with Crippen LogP contribution in [-0.4, -0.2) is 38.3 Å². The number of rotatable bonds is 7. The quantitative estimate of drug-likeness (QED) is 0.618. The molecule has 0 saturated heterocycles. The van der Waals surface area contributed by atoms with Gasteiger partial charge >= 0.3 is 0 Å². The molecule has 0 unspecified atom stereocenters. The van der Waals surface area contributed by atoms with Crippen molar-refractivity contribution in [2.75, 3.05) is 26.8 Å². The predicted octanol–water partition coefficient (Wildman–Crippen LogP) is 0.773. The Morgan fingerprint density at radius 2 is 2.00 bits per heavy atom. The summed E-state index contributed by atoms with van der Waals surface area (Å²) in [5.41, 5.74) is -0.516. The van der Waals surface area contributed by atoms with E-state index in [0.717, 1.165) is 6.61 Å². The summed E-state index contributed by atoms with van der Waals surface area (Å²) in [7, 11) is 1.77. The zero-order chi connectivity index (χ0) is 11.9. The van der Waals surface area contributed by atoms with Crippen molar-refractivity contribution < 1.29 is 9.53 Å².